The number of halogens is 1. The summed E-state index contributed by atoms with van der Waals surface area (Å²) in [5.41, 5.74) is 4.05. The maximum Gasteiger partial charge on any atom is 0.255 e. The molecule has 0 saturated heterocycles. The number of amides is 1. The number of carbonyl (C=O) groups excluding carboxylic acids is 1. The van der Waals surface area contributed by atoms with Gasteiger partial charge in [-0.1, -0.05) is 30.3 Å². The first kappa shape index (κ1) is 17.4. The third kappa shape index (κ3) is 3.12. The van der Waals surface area contributed by atoms with Crippen molar-refractivity contribution in [2.75, 3.05) is 6.54 Å². The largest absolute Gasteiger partial charge is 0.334 e. The van der Waals surface area contributed by atoms with E-state index in [0.29, 0.717) is 35.2 Å². The van der Waals surface area contributed by atoms with Crippen LogP contribution in [0.15, 0.2) is 67.3 Å². The Bertz CT molecular complexity index is 1230. The summed E-state index contributed by atoms with van der Waals surface area (Å²) in [5, 5.41) is 1.08. The molecule has 4 aromatic rings. The number of hydrogen-bond acceptors (Lipinski definition) is 4. The third-order valence-corrected chi connectivity index (χ3v) is 5.27. The number of benzene rings is 2. The van der Waals surface area contributed by atoms with E-state index >= 15 is 0 Å². The Morgan fingerprint density at radius 3 is 2.69 bits per heavy atom. The van der Waals surface area contributed by atoms with Crippen LogP contribution in [0.4, 0.5) is 4.39 Å². The van der Waals surface area contributed by atoms with Crippen LogP contribution in [-0.2, 0) is 13.0 Å². The Morgan fingerprint density at radius 1 is 1.00 bits per heavy atom. The Morgan fingerprint density at radius 2 is 1.83 bits per heavy atom. The molecule has 0 saturated carbocycles. The number of nitrogens with zero attached hydrogens (tertiary/aromatic N) is 4. The van der Waals surface area contributed by atoms with Crippen molar-refractivity contribution < 1.29 is 9.18 Å². The van der Waals surface area contributed by atoms with Gasteiger partial charge in [0.05, 0.1) is 11.1 Å². The van der Waals surface area contributed by atoms with Crippen LogP contribution in [0.25, 0.3) is 22.0 Å². The van der Waals surface area contributed by atoms with Gasteiger partial charge in [0, 0.05) is 54.1 Å². The topological polar surface area (TPSA) is 59.0 Å². The molecule has 142 valence electrons. The Labute approximate surface area is 166 Å². The number of pyridine rings is 1. The molecule has 2 aromatic carbocycles. The van der Waals surface area contributed by atoms with Gasteiger partial charge in [0.2, 0.25) is 0 Å². The van der Waals surface area contributed by atoms with E-state index in [1.807, 2.05) is 36.4 Å². The Balaban J connectivity index is 1.41. The first-order chi connectivity index (χ1) is 14.2. The minimum absolute atomic E-state index is 0.167. The van der Waals surface area contributed by atoms with Crippen molar-refractivity contribution in [3.05, 3.63) is 89.9 Å². The number of fused-ring (bicyclic) bond motifs is 2. The average molecular weight is 384 g/mol. The second kappa shape index (κ2) is 7.05. The van der Waals surface area contributed by atoms with Crippen molar-refractivity contribution in [1.29, 1.82) is 0 Å². The van der Waals surface area contributed by atoms with E-state index in [0.717, 1.165) is 16.6 Å². The first-order valence-electron chi connectivity index (χ1n) is 9.41. The van der Waals surface area contributed by atoms with Crippen LogP contribution < -0.4 is 0 Å². The normalized spacial score (nSPS) is 13.1. The summed E-state index contributed by atoms with van der Waals surface area (Å²) in [4.78, 5) is 27.4. The highest BCUT2D eigenvalue weighted by Gasteiger charge is 2.32. The number of rotatable bonds is 4. The van der Waals surface area contributed by atoms with Gasteiger partial charge in [0.1, 0.15) is 12.1 Å². The van der Waals surface area contributed by atoms with Gasteiger partial charge in [0.15, 0.2) is 0 Å². The molecule has 0 spiro atoms. The second-order valence-electron chi connectivity index (χ2n) is 7.05. The standard InChI is InChI=1S/C23H17FN4O/c24-20-8-7-18(16-11-25-14-26-12-16)22-19(20)13-28(23(22)29)10-9-17-6-5-15-3-1-2-4-21(15)27-17/h1-8,11-12,14H,9-10,13H2. The van der Waals surface area contributed by atoms with Gasteiger partial charge < -0.3 is 4.90 Å². The molecule has 0 unspecified atom stereocenters. The van der Waals surface area contributed by atoms with Crippen molar-refractivity contribution in [2.24, 2.45) is 0 Å². The van der Waals surface area contributed by atoms with E-state index in [9.17, 15) is 9.18 Å². The SMILES string of the molecule is O=C1c2c(-c3cncnc3)ccc(F)c2CN1CCc1ccc2ccccc2n1. The lowest BCUT2D eigenvalue weighted by atomic mass is 9.98. The van der Waals surface area contributed by atoms with Crippen LogP contribution in [0.2, 0.25) is 0 Å². The summed E-state index contributed by atoms with van der Waals surface area (Å²) in [5.74, 6) is -0.528. The van der Waals surface area contributed by atoms with E-state index in [4.69, 9.17) is 0 Å². The van der Waals surface area contributed by atoms with Crippen molar-refractivity contribution in [2.45, 2.75) is 13.0 Å². The molecule has 0 N–H and O–H groups in total. The predicted octanol–water partition coefficient (Wildman–Crippen LogP) is 4.03. The lowest BCUT2D eigenvalue weighted by Gasteiger charge is -2.15. The zero-order valence-electron chi connectivity index (χ0n) is 15.5. The van der Waals surface area contributed by atoms with Gasteiger partial charge in [-0.2, -0.15) is 0 Å². The van der Waals surface area contributed by atoms with Crippen LogP contribution >= 0.6 is 0 Å². The highest BCUT2D eigenvalue weighted by molar-refractivity contribution is 6.04. The Hall–Kier alpha value is -3.67. The fourth-order valence-corrected chi connectivity index (χ4v) is 3.80. The maximum absolute atomic E-state index is 14.4. The van der Waals surface area contributed by atoms with E-state index < -0.39 is 0 Å². The van der Waals surface area contributed by atoms with Crippen molar-refractivity contribution in [3.63, 3.8) is 0 Å². The second-order valence-corrected chi connectivity index (χ2v) is 7.05. The van der Waals surface area contributed by atoms with E-state index in [-0.39, 0.29) is 18.3 Å². The maximum atomic E-state index is 14.4. The molecule has 29 heavy (non-hydrogen) atoms. The predicted molar refractivity (Wildman–Crippen MR) is 108 cm³/mol. The van der Waals surface area contributed by atoms with Gasteiger partial charge in [-0.05, 0) is 23.8 Å². The van der Waals surface area contributed by atoms with Gasteiger partial charge >= 0.3 is 0 Å². The molecule has 1 aliphatic heterocycles. The molecule has 0 atom stereocenters. The number of hydrogen-bond donors (Lipinski definition) is 0. The molecule has 1 amide bonds. The number of carbonyl (C=O) groups is 1. The summed E-state index contributed by atoms with van der Waals surface area (Å²) in [6.45, 7) is 0.734. The van der Waals surface area contributed by atoms with E-state index in [1.165, 1.54) is 12.4 Å². The molecule has 0 bridgehead atoms. The molecule has 0 fully saturated rings. The highest BCUT2D eigenvalue weighted by atomic mass is 19.1. The molecule has 3 heterocycles. The molecule has 5 rings (SSSR count). The summed E-state index contributed by atoms with van der Waals surface area (Å²) in [6, 6.07) is 15.0. The zero-order valence-corrected chi connectivity index (χ0v) is 15.5. The lowest BCUT2D eigenvalue weighted by molar-refractivity contribution is 0.0780. The first-order valence-corrected chi connectivity index (χ1v) is 9.41. The van der Waals surface area contributed by atoms with Gasteiger partial charge in [-0.3, -0.25) is 9.78 Å². The molecular formula is C23H17FN4O. The molecular weight excluding hydrogens is 367 g/mol. The monoisotopic (exact) mass is 384 g/mol. The van der Waals surface area contributed by atoms with Crippen LogP contribution in [0, 0.1) is 5.82 Å². The minimum Gasteiger partial charge on any atom is -0.334 e. The third-order valence-electron chi connectivity index (χ3n) is 5.27. The fourth-order valence-electron chi connectivity index (χ4n) is 3.80. The van der Waals surface area contributed by atoms with Crippen molar-refractivity contribution >= 4 is 16.8 Å². The molecule has 0 aliphatic carbocycles. The molecule has 5 nitrogen and oxygen atoms in total. The number of para-hydroxylation sites is 1. The fraction of sp³-hybridized carbons (Fsp3) is 0.130. The highest BCUT2D eigenvalue weighted by Crippen LogP contribution is 2.34. The van der Waals surface area contributed by atoms with E-state index in [2.05, 4.69) is 15.0 Å². The zero-order chi connectivity index (χ0) is 19.8. The number of aromatic nitrogens is 3. The summed E-state index contributed by atoms with van der Waals surface area (Å²) >= 11 is 0. The smallest absolute Gasteiger partial charge is 0.255 e. The molecule has 2 aromatic heterocycles. The van der Waals surface area contributed by atoms with Gasteiger partial charge in [-0.15, -0.1) is 0 Å². The van der Waals surface area contributed by atoms with Gasteiger partial charge in [-0.25, -0.2) is 14.4 Å². The quantitative estimate of drug-likeness (QED) is 0.533. The van der Waals surface area contributed by atoms with Crippen LogP contribution in [-0.4, -0.2) is 32.3 Å². The summed E-state index contributed by atoms with van der Waals surface area (Å²) < 4.78 is 14.4. The van der Waals surface area contributed by atoms with Crippen LogP contribution in [0.3, 0.4) is 0 Å². The van der Waals surface area contributed by atoms with Crippen LogP contribution in [0.1, 0.15) is 21.6 Å². The molecule has 0 radical (unpaired) electrons. The van der Waals surface area contributed by atoms with Crippen molar-refractivity contribution in [1.82, 2.24) is 19.9 Å². The van der Waals surface area contributed by atoms with Crippen molar-refractivity contribution in [3.8, 4) is 11.1 Å². The lowest BCUT2D eigenvalue weighted by Crippen LogP contribution is -2.26. The summed E-state index contributed by atoms with van der Waals surface area (Å²) in [7, 11) is 0. The molecule has 1 aliphatic rings. The summed E-state index contributed by atoms with van der Waals surface area (Å²) in [6.07, 6.45) is 5.30. The average Bonchev–Trinajstić information content (AvgIpc) is 3.10. The minimum atomic E-state index is -0.361. The Kier molecular flexibility index (Phi) is 4.24. The van der Waals surface area contributed by atoms with Crippen LogP contribution in [0.5, 0.6) is 0 Å². The van der Waals surface area contributed by atoms with E-state index in [1.54, 1.807) is 23.4 Å². The molecule has 6 heteroatoms. The van der Waals surface area contributed by atoms with Gasteiger partial charge in [0.25, 0.3) is 5.91 Å².